The summed E-state index contributed by atoms with van der Waals surface area (Å²) in [6.07, 6.45) is 8.83. The number of ether oxygens (including phenoxy) is 1. The van der Waals surface area contributed by atoms with Crippen molar-refractivity contribution in [3.05, 3.63) is 29.8 Å². The van der Waals surface area contributed by atoms with Crippen molar-refractivity contribution in [2.75, 3.05) is 6.61 Å². The average Bonchev–Trinajstić information content (AvgIpc) is 2.45. The van der Waals surface area contributed by atoms with E-state index in [9.17, 15) is 4.79 Å². The van der Waals surface area contributed by atoms with Gasteiger partial charge in [0.25, 0.3) is 0 Å². The van der Waals surface area contributed by atoms with Crippen molar-refractivity contribution in [2.24, 2.45) is 5.92 Å². The van der Waals surface area contributed by atoms with Crippen LogP contribution in [0.25, 0.3) is 0 Å². The first kappa shape index (κ1) is 17.7. The molecule has 3 heteroatoms. The Labute approximate surface area is 132 Å². The van der Waals surface area contributed by atoms with Gasteiger partial charge in [0.2, 0.25) is 0 Å². The molecule has 0 aliphatic carbocycles. The van der Waals surface area contributed by atoms with Gasteiger partial charge in [-0.05, 0) is 36.6 Å². The second kappa shape index (κ2) is 9.52. The van der Waals surface area contributed by atoms with E-state index in [2.05, 4.69) is 26.7 Å². The fraction of sp³-hybridized carbons (Fsp3) is 0.500. The molecule has 0 N–H and O–H groups in total. The molecule has 0 spiro atoms. The summed E-state index contributed by atoms with van der Waals surface area (Å²) in [5.74, 6) is 2.69. The zero-order valence-electron chi connectivity index (χ0n) is 13.1. The molecule has 0 aromatic heterocycles. The number of benzene rings is 1. The Morgan fingerprint density at radius 3 is 2.48 bits per heavy atom. The number of thioether (sulfide) groups is 1. The van der Waals surface area contributed by atoms with E-state index in [-0.39, 0.29) is 12.6 Å². The second-order valence-electron chi connectivity index (χ2n) is 5.56. The van der Waals surface area contributed by atoms with Crippen LogP contribution in [-0.2, 0) is 4.74 Å². The number of carbonyl (C=O) groups excluding carboxylic acids is 1. The fourth-order valence-corrected chi connectivity index (χ4v) is 3.01. The third kappa shape index (κ3) is 7.24. The van der Waals surface area contributed by atoms with Crippen molar-refractivity contribution in [3.63, 3.8) is 0 Å². The number of hydrogen-bond acceptors (Lipinski definition) is 3. The van der Waals surface area contributed by atoms with Gasteiger partial charge in [0.05, 0.1) is 5.56 Å². The maximum absolute atomic E-state index is 11.6. The highest BCUT2D eigenvalue weighted by Gasteiger charge is 2.08. The van der Waals surface area contributed by atoms with Gasteiger partial charge in [0, 0.05) is 10.1 Å². The molecule has 1 atom stereocenters. The third-order valence-electron chi connectivity index (χ3n) is 3.11. The van der Waals surface area contributed by atoms with E-state index in [1.807, 2.05) is 23.9 Å². The molecule has 114 valence electrons. The minimum Gasteiger partial charge on any atom is -0.449 e. The fourth-order valence-electron chi connectivity index (χ4n) is 1.96. The zero-order valence-corrected chi connectivity index (χ0v) is 13.9. The van der Waals surface area contributed by atoms with Gasteiger partial charge in [-0.1, -0.05) is 39.5 Å². The quantitative estimate of drug-likeness (QED) is 0.392. The monoisotopic (exact) mass is 304 g/mol. The first-order chi connectivity index (χ1) is 10.0. The molecular formula is C18H24O2S. The smallest absolute Gasteiger partial charge is 0.339 e. The summed E-state index contributed by atoms with van der Waals surface area (Å²) >= 11 is 1.85. The summed E-state index contributed by atoms with van der Waals surface area (Å²) in [6, 6.07) is 7.52. The summed E-state index contributed by atoms with van der Waals surface area (Å²) in [6.45, 7) is 6.79. The number of hydrogen-bond donors (Lipinski definition) is 0. The van der Waals surface area contributed by atoms with Gasteiger partial charge in [-0.3, -0.25) is 0 Å². The molecule has 1 unspecified atom stereocenters. The third-order valence-corrected chi connectivity index (χ3v) is 4.29. The number of carbonyl (C=O) groups is 1. The lowest BCUT2D eigenvalue weighted by molar-refractivity contribution is 0.0556. The largest absolute Gasteiger partial charge is 0.449 e. The van der Waals surface area contributed by atoms with Gasteiger partial charge in [-0.25, -0.2) is 4.79 Å². The number of esters is 1. The Morgan fingerprint density at radius 1 is 1.24 bits per heavy atom. The summed E-state index contributed by atoms with van der Waals surface area (Å²) in [5.41, 5.74) is 0.544. The topological polar surface area (TPSA) is 26.3 Å². The van der Waals surface area contributed by atoms with Gasteiger partial charge in [-0.2, -0.15) is 0 Å². The molecule has 0 heterocycles. The summed E-state index contributed by atoms with van der Waals surface area (Å²) in [5, 5.41) is 0.586. The Kier molecular flexibility index (Phi) is 8.00. The van der Waals surface area contributed by atoms with Crippen LogP contribution in [0.5, 0.6) is 0 Å². The van der Waals surface area contributed by atoms with E-state index < -0.39 is 0 Å². The number of terminal acetylenes is 1. The first-order valence-corrected chi connectivity index (χ1v) is 8.28. The highest BCUT2D eigenvalue weighted by atomic mass is 32.2. The van der Waals surface area contributed by atoms with Crippen molar-refractivity contribution < 1.29 is 9.53 Å². The molecule has 0 fully saturated rings. The minimum atomic E-state index is -0.366. The van der Waals surface area contributed by atoms with Crippen LogP contribution in [-0.4, -0.2) is 17.8 Å². The summed E-state index contributed by atoms with van der Waals surface area (Å²) in [7, 11) is 0. The van der Waals surface area contributed by atoms with E-state index in [1.54, 1.807) is 12.1 Å². The highest BCUT2D eigenvalue weighted by Crippen LogP contribution is 2.27. The minimum absolute atomic E-state index is 0.0161. The van der Waals surface area contributed by atoms with Crippen LogP contribution in [0.15, 0.2) is 29.2 Å². The van der Waals surface area contributed by atoms with Gasteiger partial charge in [0.1, 0.15) is 0 Å². The van der Waals surface area contributed by atoms with Crippen molar-refractivity contribution in [2.45, 2.75) is 50.2 Å². The lowest BCUT2D eigenvalue weighted by Gasteiger charge is -2.12. The van der Waals surface area contributed by atoms with E-state index in [4.69, 9.17) is 11.2 Å². The Balaban J connectivity index is 2.43. The predicted molar refractivity (Wildman–Crippen MR) is 89.6 cm³/mol. The highest BCUT2D eigenvalue weighted by molar-refractivity contribution is 7.99. The van der Waals surface area contributed by atoms with Crippen molar-refractivity contribution in [1.29, 1.82) is 0 Å². The molecule has 1 rings (SSSR count). The van der Waals surface area contributed by atoms with E-state index in [0.717, 1.165) is 5.92 Å². The molecule has 0 radical (unpaired) electrons. The first-order valence-electron chi connectivity index (χ1n) is 7.40. The van der Waals surface area contributed by atoms with Crippen LogP contribution in [0.4, 0.5) is 0 Å². The van der Waals surface area contributed by atoms with Crippen LogP contribution >= 0.6 is 11.8 Å². The maximum atomic E-state index is 11.6. The van der Waals surface area contributed by atoms with Gasteiger partial charge >= 0.3 is 5.97 Å². The molecule has 0 bridgehead atoms. The molecule has 0 saturated heterocycles. The standard InChI is InChI=1S/C18H24O2S/c1-5-13-20-18(19)16-9-11-17(12-10-16)21-15(4)8-6-7-14(2)3/h1,9-12,14-15H,6-8,13H2,2-4H3. The van der Waals surface area contributed by atoms with Gasteiger partial charge in [0.15, 0.2) is 6.61 Å². The molecule has 0 saturated carbocycles. The second-order valence-corrected chi connectivity index (χ2v) is 7.07. The van der Waals surface area contributed by atoms with Crippen molar-refractivity contribution >= 4 is 17.7 Å². The van der Waals surface area contributed by atoms with Crippen molar-refractivity contribution in [3.8, 4) is 12.3 Å². The van der Waals surface area contributed by atoms with Crippen LogP contribution in [0, 0.1) is 18.3 Å². The normalized spacial score (nSPS) is 12.0. The van der Waals surface area contributed by atoms with Crippen LogP contribution in [0.3, 0.4) is 0 Å². The molecular weight excluding hydrogens is 280 g/mol. The van der Waals surface area contributed by atoms with Gasteiger partial charge in [-0.15, -0.1) is 18.2 Å². The number of rotatable bonds is 8. The van der Waals surface area contributed by atoms with Crippen LogP contribution in [0.2, 0.25) is 0 Å². The van der Waals surface area contributed by atoms with E-state index in [1.165, 1.54) is 24.2 Å². The maximum Gasteiger partial charge on any atom is 0.339 e. The predicted octanol–water partition coefficient (Wildman–Crippen LogP) is 4.78. The van der Waals surface area contributed by atoms with Gasteiger partial charge < -0.3 is 4.74 Å². The van der Waals surface area contributed by atoms with E-state index in [0.29, 0.717) is 10.8 Å². The molecule has 0 aliphatic rings. The lowest BCUT2D eigenvalue weighted by Crippen LogP contribution is -2.05. The Bertz CT molecular complexity index is 471. The molecule has 2 nitrogen and oxygen atoms in total. The molecule has 1 aromatic carbocycles. The Morgan fingerprint density at radius 2 is 1.90 bits per heavy atom. The average molecular weight is 304 g/mol. The molecule has 0 amide bonds. The lowest BCUT2D eigenvalue weighted by atomic mass is 10.1. The summed E-state index contributed by atoms with van der Waals surface area (Å²) in [4.78, 5) is 12.8. The van der Waals surface area contributed by atoms with Crippen LogP contribution in [0.1, 0.15) is 50.4 Å². The molecule has 1 aromatic rings. The Hall–Kier alpha value is -1.40. The van der Waals surface area contributed by atoms with Crippen LogP contribution < -0.4 is 0 Å². The zero-order chi connectivity index (χ0) is 15.7. The SMILES string of the molecule is C#CCOC(=O)c1ccc(SC(C)CCCC(C)C)cc1. The molecule has 0 aliphatic heterocycles. The van der Waals surface area contributed by atoms with Crippen molar-refractivity contribution in [1.82, 2.24) is 0 Å². The molecule has 21 heavy (non-hydrogen) atoms. The summed E-state index contributed by atoms with van der Waals surface area (Å²) < 4.78 is 4.89. The van der Waals surface area contributed by atoms with E-state index >= 15 is 0 Å².